The normalized spacial score (nSPS) is 12.3. The number of rotatable bonds is 39. The molecule has 14 aromatic rings. The molecule has 0 spiro atoms. The van der Waals surface area contributed by atoms with Gasteiger partial charge in [-0.1, -0.05) is 59.0 Å². The number of nitrogens with zero attached hydrogens (tertiary/aromatic N) is 21. The largest absolute Gasteiger partial charge is 0.495 e. The molecule has 0 saturated carbocycles. The number of fused-ring (bicyclic) bond motifs is 6. The average Bonchev–Trinajstić information content (AvgIpc) is 1.01. The molecule has 139 heavy (non-hydrogen) atoms. The molecule has 11 aromatic heterocycles. The number of hydrogen-bond acceptors (Lipinski definition) is 28. The van der Waals surface area contributed by atoms with Gasteiger partial charge >= 0.3 is 0 Å². The number of ether oxygens (including phenoxy) is 5. The highest BCUT2D eigenvalue weighted by molar-refractivity contribution is 6.76. The zero-order chi connectivity index (χ0) is 100. The van der Waals surface area contributed by atoms with Gasteiger partial charge in [0.1, 0.15) is 65.7 Å². The fourth-order valence-electron chi connectivity index (χ4n) is 15.1. The Morgan fingerprint density at radius 3 is 1.26 bits per heavy atom. The lowest BCUT2D eigenvalue weighted by molar-refractivity contribution is -0.112. The van der Waals surface area contributed by atoms with Crippen molar-refractivity contribution in [2.45, 2.75) is 84.5 Å². The van der Waals surface area contributed by atoms with E-state index in [1.807, 2.05) is 217 Å². The Kier molecular flexibility index (Phi) is 34.7. The van der Waals surface area contributed by atoms with Gasteiger partial charge in [-0.2, -0.15) is 15.0 Å². The number of likely N-dealkylation sites (N-methyl/N-ethyl adjacent to an activating group) is 6. The van der Waals surface area contributed by atoms with Crippen molar-refractivity contribution in [1.29, 1.82) is 0 Å². The fourth-order valence-corrected chi connectivity index (χ4v) is 16.8. The third-order valence-corrected chi connectivity index (χ3v) is 26.7. The van der Waals surface area contributed by atoms with Gasteiger partial charge in [0, 0.05) is 227 Å². The van der Waals surface area contributed by atoms with Crippen LogP contribution >= 0.6 is 11.6 Å². The van der Waals surface area contributed by atoms with Crippen LogP contribution in [0.15, 0.2) is 177 Å². The highest BCUT2D eigenvalue weighted by Gasteiger charge is 2.27. The molecule has 734 valence electrons. The zero-order valence-corrected chi connectivity index (χ0v) is 86.2. The molecule has 15 rings (SSSR count). The number of anilines is 11. The molecule has 39 heteroatoms. The van der Waals surface area contributed by atoms with E-state index >= 15 is 0 Å². The smallest absolute Gasteiger partial charge is 0.247 e. The van der Waals surface area contributed by atoms with E-state index in [4.69, 9.17) is 65.9 Å². The lowest BCUT2D eigenvalue weighted by Gasteiger charge is -2.26. The van der Waals surface area contributed by atoms with Crippen molar-refractivity contribution in [2.24, 2.45) is 19.1 Å². The Hall–Kier alpha value is -14.0. The minimum atomic E-state index is -1.23. The summed E-state index contributed by atoms with van der Waals surface area (Å²) in [5.41, 5.74) is 22.3. The molecule has 1 aliphatic rings. The van der Waals surface area contributed by atoms with E-state index in [-0.39, 0.29) is 41.7 Å². The van der Waals surface area contributed by atoms with E-state index in [1.165, 1.54) is 18.2 Å². The van der Waals surface area contributed by atoms with Crippen molar-refractivity contribution in [3.8, 4) is 51.0 Å². The summed E-state index contributed by atoms with van der Waals surface area (Å²) in [5, 5.41) is 30.2. The van der Waals surface area contributed by atoms with Crippen molar-refractivity contribution < 1.29 is 43.2 Å². The van der Waals surface area contributed by atoms with Gasteiger partial charge in [-0.15, -0.1) is 0 Å². The van der Waals surface area contributed by atoms with Crippen LogP contribution in [-0.4, -0.2) is 265 Å². The predicted molar refractivity (Wildman–Crippen MR) is 569 cm³/mol. The van der Waals surface area contributed by atoms with Gasteiger partial charge in [0.25, 0.3) is 0 Å². The first kappa shape index (κ1) is 104. The second kappa shape index (κ2) is 46.5. The Morgan fingerprint density at radius 2 is 0.856 bits per heavy atom. The number of nitrogen functional groups attached to an aromatic ring is 1. The number of aliphatic imine (C=N–C) groups is 1. The highest BCUT2D eigenvalue weighted by atomic mass is 35.5. The van der Waals surface area contributed by atoms with Crippen LogP contribution in [0, 0.1) is 0 Å². The number of nitrogens with two attached hydrogens (primary N) is 1. The van der Waals surface area contributed by atoms with Gasteiger partial charge in [-0.25, -0.2) is 24.9 Å². The zero-order valence-electron chi connectivity index (χ0n) is 83.5. The van der Waals surface area contributed by atoms with E-state index in [2.05, 4.69) is 142 Å². The second-order valence-electron chi connectivity index (χ2n) is 37.1. The summed E-state index contributed by atoms with van der Waals surface area (Å²) in [7, 11) is 24.4. The van der Waals surface area contributed by atoms with Crippen LogP contribution in [0.25, 0.3) is 88.9 Å². The lowest BCUT2D eigenvalue weighted by Crippen LogP contribution is -2.29. The number of pyridine rings is 3. The fraction of sp³-hybridized carbons (Fsp3) is 0.350. The monoisotopic (exact) mass is 1940 g/mol. The van der Waals surface area contributed by atoms with Gasteiger partial charge in [-0.05, 0) is 158 Å². The first-order chi connectivity index (χ1) is 66.3. The molecular weight excluding hydrogens is 1810 g/mol. The van der Waals surface area contributed by atoms with Gasteiger partial charge in [-0.3, -0.25) is 24.4 Å². The lowest BCUT2D eigenvalue weighted by atomic mass is 10.1. The average molecular weight is 1950 g/mol. The molecule has 0 fully saturated rings. The number of nitrogens with one attached hydrogen (secondary N) is 5. The standard InChI is InChI=1S/C35H47N9O3Si.C30H35N9O3.C20H24ClN5OSi.C15H24N4O2/c1-10-31(45)37-27-20-28(30(46-6)21-29(27)42(4)16-15-41(2)3)38-35-39-32(25-19-24-11-13-43(5)33(24)36-22-25)26-12-14-44(34(26)40-35)23-47-17-18-48(7,8)9;1-7-26(41)33-22-13-23(25(42-6)14-24(22)38(5)11-10-37(3)4)34-30-35-28(21-8-9-39(17-40)29(21)36-30)20-12-19-15-31-18(2)27(19)32-16-20;1-25-7-5-14-11-15(12-22-18(14)25)17-16-6-8-26(19(16)24-20(21)23-17)13-27-9-10-28(2,3)4;1-6-15(20)17-12-9-11(16)14(21-5)10-13(12)19(4)8-7-18(2)3/h10-14,19-22H,1,15-18,23H2,2-9H3,(H,37,45)(H,38,39,40);7-9,12-16,18,40H,1,10-11,17H2,2-6H3,(H,33,41)(H,34,35,36);5-8,11-12H,9-10,13H2,1-4H3;6,9-10H,1,7-8,16H2,2-5H3,(H,17,20). The molecule has 1 unspecified atom stereocenters. The van der Waals surface area contributed by atoms with Crippen molar-refractivity contribution in [3.05, 3.63) is 189 Å². The number of carbonyl (C=O) groups is 3. The quantitative estimate of drug-likeness (QED) is 0.00618. The summed E-state index contributed by atoms with van der Waals surface area (Å²) < 4.78 is 38.5. The number of aliphatic hydroxyl groups is 1. The van der Waals surface area contributed by atoms with E-state index in [9.17, 15) is 19.5 Å². The number of halogens is 1. The maximum atomic E-state index is 12.5. The molecule has 1 aliphatic heterocycles. The summed E-state index contributed by atoms with van der Waals surface area (Å²) in [6.07, 6.45) is 20.7. The van der Waals surface area contributed by atoms with Crippen LogP contribution in [0.1, 0.15) is 24.2 Å². The molecular formula is C100H130ClN27O9Si2. The van der Waals surface area contributed by atoms with Crippen LogP contribution < -0.4 is 61.2 Å². The van der Waals surface area contributed by atoms with Crippen molar-refractivity contribution in [1.82, 2.24) is 82.4 Å². The van der Waals surface area contributed by atoms with Crippen LogP contribution in [0.5, 0.6) is 17.2 Å². The maximum Gasteiger partial charge on any atom is 0.247 e. The topological polar surface area (TPSA) is 376 Å². The molecule has 3 aromatic carbocycles. The number of hydrogen-bond donors (Lipinski definition) is 7. The second-order valence-corrected chi connectivity index (χ2v) is 48.7. The molecule has 36 nitrogen and oxygen atoms in total. The minimum Gasteiger partial charge on any atom is -0.495 e. The van der Waals surface area contributed by atoms with E-state index in [0.29, 0.717) is 88.7 Å². The number of carbonyl (C=O) groups excluding carboxylic acids is 3. The molecule has 8 N–H and O–H groups in total. The highest BCUT2D eigenvalue weighted by Crippen LogP contribution is 2.43. The molecule has 0 radical (unpaired) electrons. The van der Waals surface area contributed by atoms with E-state index < -0.39 is 16.1 Å². The van der Waals surface area contributed by atoms with E-state index in [1.54, 1.807) is 50.4 Å². The van der Waals surface area contributed by atoms with Crippen LogP contribution in [-0.2, 0) is 58.1 Å². The number of aliphatic hydroxyl groups excluding tert-OH is 1. The number of methoxy groups -OCH3 is 3. The number of amides is 3. The summed E-state index contributed by atoms with van der Waals surface area (Å²) >= 11 is 6.25. The molecule has 0 aliphatic carbocycles. The molecule has 3 amide bonds. The molecule has 1 atom stereocenters. The Morgan fingerprint density at radius 1 is 0.475 bits per heavy atom. The van der Waals surface area contributed by atoms with E-state index in [0.717, 1.165) is 164 Å². The number of aromatic nitrogens is 14. The molecule has 0 saturated heterocycles. The van der Waals surface area contributed by atoms with Gasteiger partial charge < -0.3 is 113 Å². The maximum absolute atomic E-state index is 12.5. The van der Waals surface area contributed by atoms with Crippen LogP contribution in [0.3, 0.4) is 0 Å². The van der Waals surface area contributed by atoms with Crippen LogP contribution in [0.2, 0.25) is 56.7 Å². The Bertz CT molecular complexity index is 6790. The first-order valence-electron chi connectivity index (χ1n) is 45.5. The summed E-state index contributed by atoms with van der Waals surface area (Å²) in [4.78, 5) is 95.8. The minimum absolute atomic E-state index is 0.0142. The van der Waals surface area contributed by atoms with Crippen molar-refractivity contribution in [2.75, 3.05) is 184 Å². The number of benzene rings is 3. The Labute approximate surface area is 818 Å². The summed E-state index contributed by atoms with van der Waals surface area (Å²) in [6, 6.07) is 29.3. The summed E-state index contributed by atoms with van der Waals surface area (Å²) in [5.74, 6) is 1.40. The predicted octanol–water partition coefficient (Wildman–Crippen LogP) is 16.3. The molecule has 0 bridgehead atoms. The van der Waals surface area contributed by atoms with Gasteiger partial charge in [0.15, 0.2) is 0 Å². The summed E-state index contributed by atoms with van der Waals surface area (Å²) in [6.45, 7) is 33.6. The van der Waals surface area contributed by atoms with Crippen molar-refractivity contribution >= 4 is 170 Å². The van der Waals surface area contributed by atoms with Gasteiger partial charge in [0.05, 0.1) is 101 Å². The first-order valence-corrected chi connectivity index (χ1v) is 53.3. The Balaban J connectivity index is 0.000000173. The third-order valence-electron chi connectivity index (χ3n) is 23.1. The number of aryl methyl sites for hydroxylation is 2. The SMILES string of the molecule is C=CC(=O)Nc1cc(N)c(OC)cc1N(C)CCN(C)C.C=CC(=O)Nc1cc(Nc2nc(-c3cnc4c(c3)C=NC4C)c3ccn(CO)c3n2)c(OC)cc1N(C)CCN(C)C.C=CC(=O)Nc1cc(Nc2nc(-c3cnc4c(ccn4C)c3)c3ccn(COCC[Si](C)(C)C)c3n2)c(OC)cc1N(C)CCN(C)C.Cn1ccc2cc(-c3nc(Cl)nc4c3ccn4COCC[Si](C)(C)C)cnc21. The molecule has 12 heterocycles. The van der Waals surface area contributed by atoms with Crippen molar-refractivity contribution in [3.63, 3.8) is 0 Å². The van der Waals surface area contributed by atoms with Gasteiger partial charge in [0.2, 0.25) is 34.9 Å². The third kappa shape index (κ3) is 26.5. The van der Waals surface area contributed by atoms with Crippen LogP contribution in [0.4, 0.5) is 63.1 Å².